The molecule has 0 aliphatic rings. The van der Waals surface area contributed by atoms with Gasteiger partial charge in [-0.15, -0.1) is 0 Å². The van der Waals surface area contributed by atoms with Gasteiger partial charge in [-0.1, -0.05) is 29.3 Å². The van der Waals surface area contributed by atoms with Gasteiger partial charge in [0, 0.05) is 12.6 Å². The van der Waals surface area contributed by atoms with Gasteiger partial charge in [-0.25, -0.2) is 4.98 Å². The van der Waals surface area contributed by atoms with Gasteiger partial charge in [0.05, 0.1) is 22.7 Å². The summed E-state index contributed by atoms with van der Waals surface area (Å²) < 4.78 is 5.07. The summed E-state index contributed by atoms with van der Waals surface area (Å²) >= 11 is 11.8. The molecule has 0 radical (unpaired) electrons. The van der Waals surface area contributed by atoms with E-state index in [1.165, 1.54) is 7.11 Å². The molecule has 3 nitrogen and oxygen atoms in total. The van der Waals surface area contributed by atoms with Gasteiger partial charge in [0.15, 0.2) is 5.78 Å². The van der Waals surface area contributed by atoms with Crippen molar-refractivity contribution in [3.8, 4) is 5.88 Å². The van der Waals surface area contributed by atoms with Crippen LogP contribution in [0.25, 0.3) is 0 Å². The lowest BCUT2D eigenvalue weighted by Crippen LogP contribution is -2.06. The fourth-order valence-electron chi connectivity index (χ4n) is 1.70. The predicted octanol–water partition coefficient (Wildman–Crippen LogP) is 3.82. The average molecular weight is 296 g/mol. The Morgan fingerprint density at radius 3 is 2.74 bits per heavy atom. The van der Waals surface area contributed by atoms with Crippen molar-refractivity contribution >= 4 is 29.0 Å². The molecule has 2 rings (SSSR count). The minimum atomic E-state index is -0.0802. The Kier molecular flexibility index (Phi) is 4.40. The maximum absolute atomic E-state index is 12.2. The smallest absolute Gasteiger partial charge is 0.224 e. The summed E-state index contributed by atoms with van der Waals surface area (Å²) in [6, 6.07) is 8.52. The third-order valence-electron chi connectivity index (χ3n) is 2.61. The van der Waals surface area contributed by atoms with E-state index in [4.69, 9.17) is 27.9 Å². The highest BCUT2D eigenvalue weighted by Crippen LogP contribution is 2.24. The van der Waals surface area contributed by atoms with E-state index in [0.29, 0.717) is 21.5 Å². The monoisotopic (exact) mass is 295 g/mol. The van der Waals surface area contributed by atoms with Crippen LogP contribution in [0.5, 0.6) is 5.88 Å². The van der Waals surface area contributed by atoms with Crippen LogP contribution in [0.1, 0.15) is 15.9 Å². The van der Waals surface area contributed by atoms with Crippen molar-refractivity contribution < 1.29 is 9.53 Å². The molecule has 19 heavy (non-hydrogen) atoms. The number of hydrogen-bond donors (Lipinski definition) is 0. The molecular formula is C14H11Cl2NO2. The summed E-state index contributed by atoms with van der Waals surface area (Å²) in [5.74, 6) is 0.246. The molecule has 0 aliphatic heterocycles. The molecule has 0 spiro atoms. The van der Waals surface area contributed by atoms with Crippen LogP contribution in [0.3, 0.4) is 0 Å². The van der Waals surface area contributed by atoms with Crippen LogP contribution in [-0.4, -0.2) is 17.9 Å². The number of rotatable bonds is 4. The van der Waals surface area contributed by atoms with Crippen molar-refractivity contribution in [2.45, 2.75) is 6.42 Å². The van der Waals surface area contributed by atoms with E-state index in [9.17, 15) is 4.79 Å². The molecule has 0 amide bonds. The van der Waals surface area contributed by atoms with Crippen LogP contribution < -0.4 is 4.74 Å². The summed E-state index contributed by atoms with van der Waals surface area (Å²) in [6.45, 7) is 0. The van der Waals surface area contributed by atoms with Crippen molar-refractivity contribution in [2.24, 2.45) is 0 Å². The van der Waals surface area contributed by atoms with E-state index in [0.717, 1.165) is 5.56 Å². The molecule has 1 aromatic carbocycles. The molecule has 0 aliphatic carbocycles. The Hall–Kier alpha value is -1.58. The first-order valence-electron chi connectivity index (χ1n) is 5.58. The highest BCUT2D eigenvalue weighted by molar-refractivity contribution is 6.42. The molecule has 98 valence electrons. The number of hydrogen-bond acceptors (Lipinski definition) is 3. The van der Waals surface area contributed by atoms with Crippen LogP contribution >= 0.6 is 23.2 Å². The molecular weight excluding hydrogens is 285 g/mol. The van der Waals surface area contributed by atoms with Gasteiger partial charge in [0.2, 0.25) is 5.88 Å². The summed E-state index contributed by atoms with van der Waals surface area (Å²) in [6.07, 6.45) is 1.80. The number of nitrogens with zero attached hydrogens (tertiary/aromatic N) is 1. The van der Waals surface area contributed by atoms with Crippen LogP contribution in [0, 0.1) is 0 Å². The maximum Gasteiger partial charge on any atom is 0.224 e. The Balaban J connectivity index is 2.23. The molecule has 0 saturated carbocycles. The predicted molar refractivity (Wildman–Crippen MR) is 75.3 cm³/mol. The van der Waals surface area contributed by atoms with E-state index in [-0.39, 0.29) is 12.2 Å². The number of pyridine rings is 1. The van der Waals surface area contributed by atoms with Crippen LogP contribution in [0.4, 0.5) is 0 Å². The third-order valence-corrected chi connectivity index (χ3v) is 3.35. The van der Waals surface area contributed by atoms with Crippen molar-refractivity contribution in [2.75, 3.05) is 7.11 Å². The Morgan fingerprint density at radius 2 is 2.05 bits per heavy atom. The fourth-order valence-corrected chi connectivity index (χ4v) is 2.02. The summed E-state index contributed by atoms with van der Waals surface area (Å²) in [5, 5.41) is 0.905. The highest BCUT2D eigenvalue weighted by Gasteiger charge is 2.13. The lowest BCUT2D eigenvalue weighted by Gasteiger charge is -2.06. The van der Waals surface area contributed by atoms with Crippen LogP contribution in [0.15, 0.2) is 36.5 Å². The zero-order valence-electron chi connectivity index (χ0n) is 10.2. The topological polar surface area (TPSA) is 39.2 Å². The van der Waals surface area contributed by atoms with Crippen molar-refractivity contribution in [1.29, 1.82) is 0 Å². The zero-order valence-corrected chi connectivity index (χ0v) is 11.7. The first-order valence-corrected chi connectivity index (χ1v) is 6.33. The fraction of sp³-hybridized carbons (Fsp3) is 0.143. The van der Waals surface area contributed by atoms with Crippen molar-refractivity contribution in [3.05, 3.63) is 57.7 Å². The molecule has 0 atom stereocenters. The molecule has 0 saturated heterocycles. The number of halogens is 2. The SMILES string of the molecule is COc1ncccc1C(=O)Cc1ccc(Cl)c(Cl)c1. The number of benzene rings is 1. The summed E-state index contributed by atoms with van der Waals surface area (Å²) in [4.78, 5) is 16.2. The standard InChI is InChI=1S/C14H11Cl2NO2/c1-19-14-10(3-2-6-17-14)13(18)8-9-4-5-11(15)12(16)7-9/h2-7H,8H2,1H3. The molecule has 5 heteroatoms. The first kappa shape index (κ1) is 13.8. The molecule has 1 heterocycles. The number of carbonyl (C=O) groups excluding carboxylic acids is 1. The second kappa shape index (κ2) is 6.04. The third kappa shape index (κ3) is 3.25. The molecule has 0 unspecified atom stereocenters. The van der Waals surface area contributed by atoms with Gasteiger partial charge in [-0.2, -0.15) is 0 Å². The van der Waals surface area contributed by atoms with Gasteiger partial charge >= 0.3 is 0 Å². The summed E-state index contributed by atoms with van der Waals surface area (Å²) in [5.41, 5.74) is 1.25. The highest BCUT2D eigenvalue weighted by atomic mass is 35.5. The van der Waals surface area contributed by atoms with Crippen LogP contribution in [0.2, 0.25) is 10.0 Å². The van der Waals surface area contributed by atoms with Gasteiger partial charge in [-0.3, -0.25) is 4.79 Å². The zero-order chi connectivity index (χ0) is 13.8. The lowest BCUT2D eigenvalue weighted by molar-refractivity contribution is 0.0989. The maximum atomic E-state index is 12.2. The van der Waals surface area contributed by atoms with E-state index in [2.05, 4.69) is 4.98 Å². The van der Waals surface area contributed by atoms with E-state index >= 15 is 0 Å². The minimum Gasteiger partial charge on any atom is -0.480 e. The van der Waals surface area contributed by atoms with Crippen molar-refractivity contribution in [1.82, 2.24) is 4.98 Å². The van der Waals surface area contributed by atoms with Gasteiger partial charge < -0.3 is 4.74 Å². The first-order chi connectivity index (χ1) is 9.11. The van der Waals surface area contributed by atoms with E-state index in [1.807, 2.05) is 0 Å². The molecule has 0 N–H and O–H groups in total. The van der Waals surface area contributed by atoms with E-state index in [1.54, 1.807) is 36.5 Å². The number of ether oxygens (including phenoxy) is 1. The lowest BCUT2D eigenvalue weighted by atomic mass is 10.0. The van der Waals surface area contributed by atoms with Gasteiger partial charge in [-0.05, 0) is 29.8 Å². The molecule has 0 fully saturated rings. The average Bonchev–Trinajstić information content (AvgIpc) is 2.43. The summed E-state index contributed by atoms with van der Waals surface area (Å²) in [7, 11) is 1.48. The quantitative estimate of drug-likeness (QED) is 0.805. The molecule has 0 bridgehead atoms. The normalized spacial score (nSPS) is 10.3. The molecule has 2 aromatic rings. The van der Waals surface area contributed by atoms with Gasteiger partial charge in [0.25, 0.3) is 0 Å². The number of Topliss-reactive ketones (excluding diaryl/α,β-unsaturated/α-hetero) is 1. The molecule has 1 aromatic heterocycles. The number of aromatic nitrogens is 1. The largest absolute Gasteiger partial charge is 0.480 e. The van der Waals surface area contributed by atoms with E-state index < -0.39 is 0 Å². The Morgan fingerprint density at radius 1 is 1.26 bits per heavy atom. The second-order valence-corrected chi connectivity index (χ2v) is 4.72. The number of carbonyl (C=O) groups is 1. The Bertz CT molecular complexity index is 614. The second-order valence-electron chi connectivity index (χ2n) is 3.91. The number of methoxy groups -OCH3 is 1. The van der Waals surface area contributed by atoms with Gasteiger partial charge in [0.1, 0.15) is 0 Å². The number of ketones is 1. The van der Waals surface area contributed by atoms with Crippen molar-refractivity contribution in [3.63, 3.8) is 0 Å². The minimum absolute atomic E-state index is 0.0802. The Labute approximate surface area is 121 Å². The van der Waals surface area contributed by atoms with Crippen LogP contribution in [-0.2, 0) is 6.42 Å².